The molecule has 0 aromatic heterocycles. The van der Waals surface area contributed by atoms with Crippen molar-refractivity contribution in [2.45, 2.75) is 18.5 Å². The molecule has 1 aromatic carbocycles. The summed E-state index contributed by atoms with van der Waals surface area (Å²) in [6.45, 7) is -0.252. The van der Waals surface area contributed by atoms with Crippen molar-refractivity contribution in [3.05, 3.63) is 34.9 Å². The van der Waals surface area contributed by atoms with E-state index >= 15 is 0 Å². The lowest BCUT2D eigenvalue weighted by Gasteiger charge is -2.29. The van der Waals surface area contributed by atoms with Gasteiger partial charge in [-0.05, 0) is 24.6 Å². The molecule has 0 saturated carbocycles. The molecule has 0 bridgehead atoms. The van der Waals surface area contributed by atoms with Gasteiger partial charge in [-0.2, -0.15) is 0 Å². The smallest absolute Gasteiger partial charge is 0.297 e. The van der Waals surface area contributed by atoms with Gasteiger partial charge in [0.2, 0.25) is 0 Å². The monoisotopic (exact) mass is 237 g/mol. The van der Waals surface area contributed by atoms with Gasteiger partial charge < -0.3 is 5.73 Å². The number of alkyl halides is 3. The summed E-state index contributed by atoms with van der Waals surface area (Å²) < 4.78 is 40.3. The Morgan fingerprint density at radius 2 is 1.93 bits per heavy atom. The van der Waals surface area contributed by atoms with Crippen LogP contribution in [0.4, 0.5) is 13.2 Å². The number of benzene rings is 1. The van der Waals surface area contributed by atoms with Gasteiger partial charge in [-0.25, -0.2) is 13.2 Å². The van der Waals surface area contributed by atoms with Gasteiger partial charge in [-0.15, -0.1) is 0 Å². The van der Waals surface area contributed by atoms with Crippen LogP contribution in [0.5, 0.6) is 0 Å². The van der Waals surface area contributed by atoms with Gasteiger partial charge in [0.15, 0.2) is 5.67 Å². The van der Waals surface area contributed by atoms with E-state index in [2.05, 4.69) is 0 Å². The summed E-state index contributed by atoms with van der Waals surface area (Å²) in [6, 6.07) is 5.34. The molecular weight excluding hydrogens is 227 g/mol. The van der Waals surface area contributed by atoms with Crippen molar-refractivity contribution in [2.24, 2.45) is 5.73 Å². The van der Waals surface area contributed by atoms with Crippen LogP contribution in [0.1, 0.15) is 12.5 Å². The number of nitrogens with two attached hydrogens (primary N) is 1. The Balaban J connectivity index is 3.16. The molecule has 0 saturated heterocycles. The topological polar surface area (TPSA) is 26.0 Å². The van der Waals surface area contributed by atoms with Gasteiger partial charge in [0, 0.05) is 5.02 Å². The minimum atomic E-state index is -3.61. The van der Waals surface area contributed by atoms with Crippen LogP contribution >= 0.6 is 11.6 Å². The van der Waals surface area contributed by atoms with Gasteiger partial charge >= 0.3 is 0 Å². The lowest BCUT2D eigenvalue weighted by molar-refractivity contribution is -0.126. The summed E-state index contributed by atoms with van der Waals surface area (Å²) in [4.78, 5) is 0. The SMILES string of the molecule is CC(F)(c1cccc(Cl)c1)C(F)(F)CN. The third-order valence-electron chi connectivity index (χ3n) is 2.31. The molecule has 15 heavy (non-hydrogen) atoms. The first-order valence-corrected chi connectivity index (χ1v) is 4.72. The largest absolute Gasteiger partial charge is 0.325 e. The molecule has 0 spiro atoms. The number of hydrogen-bond donors (Lipinski definition) is 1. The predicted molar refractivity (Wildman–Crippen MR) is 53.9 cm³/mol. The van der Waals surface area contributed by atoms with Crippen LogP contribution in [0, 0.1) is 0 Å². The van der Waals surface area contributed by atoms with Crippen molar-refractivity contribution in [1.29, 1.82) is 0 Å². The van der Waals surface area contributed by atoms with Crippen molar-refractivity contribution in [3.8, 4) is 0 Å². The Morgan fingerprint density at radius 1 is 1.33 bits per heavy atom. The Labute approximate surface area is 91.0 Å². The van der Waals surface area contributed by atoms with E-state index in [0.29, 0.717) is 0 Å². The summed E-state index contributed by atoms with van der Waals surface area (Å²) in [5.74, 6) is -3.61. The van der Waals surface area contributed by atoms with Crippen LogP contribution in [-0.4, -0.2) is 12.5 Å². The lowest BCUT2D eigenvalue weighted by Crippen LogP contribution is -2.45. The number of hydrogen-bond acceptors (Lipinski definition) is 1. The summed E-state index contributed by atoms with van der Waals surface area (Å²) >= 11 is 5.60. The van der Waals surface area contributed by atoms with Crippen molar-refractivity contribution >= 4 is 11.6 Å². The number of halogens is 4. The normalized spacial score (nSPS) is 16.1. The van der Waals surface area contributed by atoms with E-state index < -0.39 is 18.1 Å². The quantitative estimate of drug-likeness (QED) is 0.859. The molecule has 1 aromatic rings. The molecular formula is C10H11ClF3N. The number of rotatable bonds is 3. The fourth-order valence-electron chi connectivity index (χ4n) is 1.18. The van der Waals surface area contributed by atoms with Gasteiger partial charge in [-0.1, -0.05) is 23.7 Å². The van der Waals surface area contributed by atoms with E-state index in [1.165, 1.54) is 24.3 Å². The average molecular weight is 238 g/mol. The Bertz CT molecular complexity index is 352. The molecule has 0 radical (unpaired) electrons. The van der Waals surface area contributed by atoms with Gasteiger partial charge in [-0.3, -0.25) is 0 Å². The molecule has 1 atom stereocenters. The molecule has 84 valence electrons. The van der Waals surface area contributed by atoms with Gasteiger partial charge in [0.05, 0.1) is 6.54 Å². The minimum Gasteiger partial charge on any atom is -0.325 e. The molecule has 0 aliphatic rings. The summed E-state index contributed by atoms with van der Waals surface area (Å²) in [7, 11) is 0. The van der Waals surface area contributed by atoms with Crippen LogP contribution in [0.15, 0.2) is 24.3 Å². The zero-order valence-electron chi connectivity index (χ0n) is 8.11. The van der Waals surface area contributed by atoms with E-state index in [-0.39, 0.29) is 10.6 Å². The highest BCUT2D eigenvalue weighted by Crippen LogP contribution is 2.40. The molecule has 1 unspecified atom stereocenters. The third kappa shape index (κ3) is 2.26. The summed E-state index contributed by atoms with van der Waals surface area (Å²) in [5, 5.41) is 0.212. The fourth-order valence-corrected chi connectivity index (χ4v) is 1.37. The zero-order valence-corrected chi connectivity index (χ0v) is 8.86. The maximum atomic E-state index is 13.9. The van der Waals surface area contributed by atoms with Crippen LogP contribution in [-0.2, 0) is 5.67 Å². The molecule has 0 aliphatic heterocycles. The second-order valence-electron chi connectivity index (χ2n) is 3.42. The summed E-state index contributed by atoms with van der Waals surface area (Å²) in [5.41, 5.74) is 1.86. The maximum Gasteiger partial charge on any atom is 0.297 e. The van der Waals surface area contributed by atoms with E-state index in [1.807, 2.05) is 0 Å². The first-order valence-electron chi connectivity index (χ1n) is 4.34. The van der Waals surface area contributed by atoms with E-state index in [4.69, 9.17) is 17.3 Å². The van der Waals surface area contributed by atoms with Crippen molar-refractivity contribution in [2.75, 3.05) is 6.54 Å². The Hall–Kier alpha value is -0.740. The molecule has 0 fully saturated rings. The highest BCUT2D eigenvalue weighted by atomic mass is 35.5. The molecule has 1 nitrogen and oxygen atoms in total. The van der Waals surface area contributed by atoms with E-state index in [9.17, 15) is 13.2 Å². The highest BCUT2D eigenvalue weighted by Gasteiger charge is 2.51. The van der Waals surface area contributed by atoms with Crippen LogP contribution < -0.4 is 5.73 Å². The molecule has 1 rings (SSSR count). The molecule has 2 N–H and O–H groups in total. The first-order chi connectivity index (χ1) is 6.81. The van der Waals surface area contributed by atoms with Gasteiger partial charge in [0.25, 0.3) is 5.92 Å². The van der Waals surface area contributed by atoms with E-state index in [1.54, 1.807) is 0 Å². The lowest BCUT2D eigenvalue weighted by atomic mass is 9.91. The summed E-state index contributed by atoms with van der Waals surface area (Å²) in [6.07, 6.45) is 0. The second kappa shape index (κ2) is 4.02. The predicted octanol–water partition coefficient (Wildman–Crippen LogP) is 3.12. The van der Waals surface area contributed by atoms with Crippen molar-refractivity contribution < 1.29 is 13.2 Å². The molecule has 0 aliphatic carbocycles. The van der Waals surface area contributed by atoms with Crippen LogP contribution in [0.2, 0.25) is 5.02 Å². The Morgan fingerprint density at radius 3 is 2.40 bits per heavy atom. The average Bonchev–Trinajstić information content (AvgIpc) is 2.17. The Kier molecular flexibility index (Phi) is 3.31. The standard InChI is InChI=1S/C10H11ClF3N/c1-9(12,10(13,14)6-15)7-3-2-4-8(11)5-7/h2-5H,6,15H2,1H3. The van der Waals surface area contributed by atoms with E-state index in [0.717, 1.165) is 6.92 Å². The van der Waals surface area contributed by atoms with Crippen LogP contribution in [0.25, 0.3) is 0 Å². The second-order valence-corrected chi connectivity index (χ2v) is 3.86. The van der Waals surface area contributed by atoms with Crippen LogP contribution in [0.3, 0.4) is 0 Å². The molecule has 0 heterocycles. The van der Waals surface area contributed by atoms with Crippen molar-refractivity contribution in [1.82, 2.24) is 0 Å². The first kappa shape index (κ1) is 12.3. The zero-order chi connectivity index (χ0) is 11.7. The molecule has 0 amide bonds. The minimum absolute atomic E-state index is 0.176. The van der Waals surface area contributed by atoms with Gasteiger partial charge in [0.1, 0.15) is 0 Å². The van der Waals surface area contributed by atoms with Crippen molar-refractivity contribution in [3.63, 3.8) is 0 Å². The third-order valence-corrected chi connectivity index (χ3v) is 2.55. The fraction of sp³-hybridized carbons (Fsp3) is 0.400. The molecule has 5 heteroatoms. The maximum absolute atomic E-state index is 13.9. The highest BCUT2D eigenvalue weighted by molar-refractivity contribution is 6.30.